The second-order valence-corrected chi connectivity index (χ2v) is 5.57. The minimum atomic E-state index is 0.130. The number of carbonyl (C=O) groups excluding carboxylic acids is 1. The largest absolute Gasteiger partial charge is 0.399 e. The van der Waals surface area contributed by atoms with Crippen molar-refractivity contribution >= 4 is 11.5 Å². The van der Waals surface area contributed by atoms with Crippen LogP contribution in [0, 0.1) is 6.92 Å². The van der Waals surface area contributed by atoms with Crippen LogP contribution in [0.4, 0.5) is 5.69 Å². The molecule has 104 valence electrons. The molecule has 0 aliphatic carbocycles. The van der Waals surface area contributed by atoms with Gasteiger partial charge in [0.05, 0.1) is 0 Å². The van der Waals surface area contributed by atoms with Gasteiger partial charge < -0.3 is 5.73 Å². The summed E-state index contributed by atoms with van der Waals surface area (Å²) in [5, 5.41) is 0. The van der Waals surface area contributed by atoms with Crippen LogP contribution in [0.5, 0.6) is 0 Å². The van der Waals surface area contributed by atoms with Gasteiger partial charge in [-0.05, 0) is 47.7 Å². The van der Waals surface area contributed by atoms with Gasteiger partial charge in [0.2, 0.25) is 0 Å². The molecular weight excluding hydrogens is 246 g/mol. The van der Waals surface area contributed by atoms with Crippen LogP contribution in [-0.2, 0) is 6.42 Å². The topological polar surface area (TPSA) is 43.1 Å². The van der Waals surface area contributed by atoms with Crippen LogP contribution in [0.2, 0.25) is 0 Å². The van der Waals surface area contributed by atoms with Crippen molar-refractivity contribution in [2.75, 3.05) is 5.73 Å². The SMILES string of the molecule is Cc1cc(C(=O)Cc2ccc(C(C)C)cc2)ccc1N. The lowest BCUT2D eigenvalue weighted by Gasteiger charge is -2.07. The average molecular weight is 267 g/mol. The molecule has 0 spiro atoms. The van der Waals surface area contributed by atoms with Crippen molar-refractivity contribution < 1.29 is 4.79 Å². The van der Waals surface area contributed by atoms with Gasteiger partial charge in [-0.3, -0.25) is 4.79 Å². The molecule has 0 aliphatic rings. The van der Waals surface area contributed by atoms with E-state index >= 15 is 0 Å². The van der Waals surface area contributed by atoms with Gasteiger partial charge in [-0.2, -0.15) is 0 Å². The minimum Gasteiger partial charge on any atom is -0.399 e. The van der Waals surface area contributed by atoms with Gasteiger partial charge in [-0.1, -0.05) is 38.1 Å². The van der Waals surface area contributed by atoms with Gasteiger partial charge >= 0.3 is 0 Å². The molecule has 0 fully saturated rings. The summed E-state index contributed by atoms with van der Waals surface area (Å²) in [5.74, 6) is 0.643. The van der Waals surface area contributed by atoms with E-state index in [4.69, 9.17) is 5.73 Å². The van der Waals surface area contributed by atoms with Crippen LogP contribution in [0.3, 0.4) is 0 Å². The molecule has 2 aromatic rings. The van der Waals surface area contributed by atoms with Crippen LogP contribution < -0.4 is 5.73 Å². The molecule has 0 saturated heterocycles. The maximum absolute atomic E-state index is 12.3. The van der Waals surface area contributed by atoms with Crippen LogP contribution in [0.1, 0.15) is 46.8 Å². The van der Waals surface area contributed by atoms with Gasteiger partial charge in [-0.15, -0.1) is 0 Å². The van der Waals surface area contributed by atoms with E-state index in [9.17, 15) is 4.79 Å². The number of aryl methyl sites for hydroxylation is 1. The molecule has 2 heteroatoms. The van der Waals surface area contributed by atoms with Crippen molar-refractivity contribution in [2.45, 2.75) is 33.1 Å². The zero-order chi connectivity index (χ0) is 14.7. The fraction of sp³-hybridized carbons (Fsp3) is 0.278. The highest BCUT2D eigenvalue weighted by atomic mass is 16.1. The summed E-state index contributed by atoms with van der Waals surface area (Å²) in [4.78, 5) is 12.3. The summed E-state index contributed by atoms with van der Waals surface area (Å²) < 4.78 is 0. The van der Waals surface area contributed by atoms with E-state index in [0.717, 1.165) is 22.4 Å². The molecule has 2 N–H and O–H groups in total. The zero-order valence-corrected chi connectivity index (χ0v) is 12.3. The molecule has 2 nitrogen and oxygen atoms in total. The standard InChI is InChI=1S/C18H21NO/c1-12(2)15-6-4-14(5-7-15)11-18(20)16-8-9-17(19)13(3)10-16/h4-10,12H,11,19H2,1-3H3. The Kier molecular flexibility index (Phi) is 4.23. The van der Waals surface area contributed by atoms with Crippen LogP contribution in [0.15, 0.2) is 42.5 Å². The average Bonchev–Trinajstić information content (AvgIpc) is 2.42. The highest BCUT2D eigenvalue weighted by Gasteiger charge is 2.08. The fourth-order valence-electron chi connectivity index (χ4n) is 2.16. The number of Topliss-reactive ketones (excluding diaryl/α,β-unsaturated/α-hetero) is 1. The second kappa shape index (κ2) is 5.91. The summed E-state index contributed by atoms with van der Waals surface area (Å²) in [6.45, 7) is 6.25. The monoisotopic (exact) mass is 267 g/mol. The van der Waals surface area contributed by atoms with E-state index in [1.54, 1.807) is 12.1 Å². The third kappa shape index (κ3) is 3.27. The Hall–Kier alpha value is -2.09. The number of nitrogen functional groups attached to an aromatic ring is 1. The van der Waals surface area contributed by atoms with Crippen molar-refractivity contribution in [3.05, 3.63) is 64.7 Å². The molecule has 0 unspecified atom stereocenters. The van der Waals surface area contributed by atoms with Gasteiger partial charge in [0, 0.05) is 17.7 Å². The number of hydrogen-bond donors (Lipinski definition) is 1. The Bertz CT molecular complexity index is 612. The fourth-order valence-corrected chi connectivity index (χ4v) is 2.16. The number of hydrogen-bond acceptors (Lipinski definition) is 2. The first-order valence-electron chi connectivity index (χ1n) is 6.95. The van der Waals surface area contributed by atoms with Crippen LogP contribution in [-0.4, -0.2) is 5.78 Å². The number of ketones is 1. The Balaban J connectivity index is 2.12. The first-order valence-corrected chi connectivity index (χ1v) is 6.95. The van der Waals surface area contributed by atoms with Gasteiger partial charge in [-0.25, -0.2) is 0 Å². The van der Waals surface area contributed by atoms with E-state index in [1.807, 2.05) is 25.1 Å². The van der Waals surface area contributed by atoms with Crippen molar-refractivity contribution in [2.24, 2.45) is 0 Å². The van der Waals surface area contributed by atoms with E-state index in [1.165, 1.54) is 5.56 Å². The Morgan fingerprint density at radius 2 is 1.75 bits per heavy atom. The summed E-state index contributed by atoms with van der Waals surface area (Å²) in [7, 11) is 0. The molecule has 0 atom stereocenters. The zero-order valence-electron chi connectivity index (χ0n) is 12.3. The Morgan fingerprint density at radius 1 is 1.10 bits per heavy atom. The molecule has 0 aromatic heterocycles. The first kappa shape index (κ1) is 14.3. The molecule has 2 rings (SSSR count). The van der Waals surface area contributed by atoms with Crippen molar-refractivity contribution in [3.8, 4) is 0 Å². The van der Waals surface area contributed by atoms with Gasteiger partial charge in [0.15, 0.2) is 5.78 Å². The summed E-state index contributed by atoms with van der Waals surface area (Å²) in [6, 6.07) is 13.7. The predicted octanol–water partition coefficient (Wildman–Crippen LogP) is 4.13. The van der Waals surface area contributed by atoms with Crippen molar-refractivity contribution in [3.63, 3.8) is 0 Å². The van der Waals surface area contributed by atoms with Gasteiger partial charge in [0.1, 0.15) is 0 Å². The maximum Gasteiger partial charge on any atom is 0.167 e. The lowest BCUT2D eigenvalue weighted by atomic mass is 9.97. The Labute approximate surface area is 120 Å². The quantitative estimate of drug-likeness (QED) is 0.668. The number of carbonyl (C=O) groups is 1. The molecule has 0 radical (unpaired) electrons. The molecule has 20 heavy (non-hydrogen) atoms. The normalized spacial score (nSPS) is 10.8. The summed E-state index contributed by atoms with van der Waals surface area (Å²) in [6.07, 6.45) is 0.432. The molecule has 0 heterocycles. The van der Waals surface area contributed by atoms with Crippen LogP contribution in [0.25, 0.3) is 0 Å². The second-order valence-electron chi connectivity index (χ2n) is 5.57. The van der Waals surface area contributed by atoms with Crippen LogP contribution >= 0.6 is 0 Å². The Morgan fingerprint density at radius 3 is 2.30 bits per heavy atom. The van der Waals surface area contributed by atoms with Crippen molar-refractivity contribution in [1.82, 2.24) is 0 Å². The van der Waals surface area contributed by atoms with E-state index < -0.39 is 0 Å². The minimum absolute atomic E-state index is 0.130. The third-order valence-corrected chi connectivity index (χ3v) is 3.60. The number of anilines is 1. The van der Waals surface area contributed by atoms with E-state index in [0.29, 0.717) is 12.3 Å². The molecule has 0 amide bonds. The number of nitrogens with two attached hydrogens (primary N) is 1. The van der Waals surface area contributed by atoms with Crippen molar-refractivity contribution in [1.29, 1.82) is 0 Å². The van der Waals surface area contributed by atoms with E-state index in [-0.39, 0.29) is 5.78 Å². The predicted molar refractivity (Wildman–Crippen MR) is 84.2 cm³/mol. The maximum atomic E-state index is 12.3. The smallest absolute Gasteiger partial charge is 0.167 e. The highest BCUT2D eigenvalue weighted by molar-refractivity contribution is 5.98. The summed E-state index contributed by atoms with van der Waals surface area (Å²) >= 11 is 0. The molecule has 0 aliphatic heterocycles. The lowest BCUT2D eigenvalue weighted by molar-refractivity contribution is 0.0993. The summed E-state index contributed by atoms with van der Waals surface area (Å²) in [5.41, 5.74) is 10.5. The first-order chi connectivity index (χ1) is 9.47. The molecule has 2 aromatic carbocycles. The highest BCUT2D eigenvalue weighted by Crippen LogP contribution is 2.17. The number of benzene rings is 2. The lowest BCUT2D eigenvalue weighted by Crippen LogP contribution is -2.05. The molecule has 0 saturated carbocycles. The third-order valence-electron chi connectivity index (χ3n) is 3.60. The number of rotatable bonds is 4. The van der Waals surface area contributed by atoms with Gasteiger partial charge in [0.25, 0.3) is 0 Å². The molecule has 0 bridgehead atoms. The molecular formula is C18H21NO. The van der Waals surface area contributed by atoms with E-state index in [2.05, 4.69) is 26.0 Å².